The number of methoxy groups -OCH3 is 2. The van der Waals surface area contributed by atoms with Gasteiger partial charge in [0.1, 0.15) is 5.92 Å². The molecule has 0 unspecified atom stereocenters. The van der Waals surface area contributed by atoms with Gasteiger partial charge < -0.3 is 9.47 Å². The highest BCUT2D eigenvalue weighted by molar-refractivity contribution is 6.50. The zero-order valence-electron chi connectivity index (χ0n) is 9.85. The van der Waals surface area contributed by atoms with E-state index >= 15 is 0 Å². The Morgan fingerprint density at radius 2 is 1.72 bits per heavy atom. The first-order valence-electron chi connectivity index (χ1n) is 5.19. The summed E-state index contributed by atoms with van der Waals surface area (Å²) in [5.41, 5.74) is 0.404. The molecule has 1 heterocycles. The van der Waals surface area contributed by atoms with Gasteiger partial charge in [-0.25, -0.2) is 0 Å². The Hall–Kier alpha value is -2.37. The summed E-state index contributed by atoms with van der Waals surface area (Å²) in [7, 11) is 2.93. The van der Waals surface area contributed by atoms with E-state index in [0.717, 1.165) is 0 Å². The van der Waals surface area contributed by atoms with Gasteiger partial charge in [0.05, 0.1) is 14.2 Å². The topological polar surface area (TPSA) is 81.7 Å². The summed E-state index contributed by atoms with van der Waals surface area (Å²) < 4.78 is 10.1. The van der Waals surface area contributed by atoms with E-state index in [1.54, 1.807) is 12.1 Å². The summed E-state index contributed by atoms with van der Waals surface area (Å²) in [5.74, 6) is -2.46. The molecule has 1 aliphatic rings. The van der Waals surface area contributed by atoms with Crippen molar-refractivity contribution in [2.75, 3.05) is 14.2 Å². The van der Waals surface area contributed by atoms with Crippen molar-refractivity contribution in [3.63, 3.8) is 0 Å². The fourth-order valence-electron chi connectivity index (χ4n) is 1.83. The Morgan fingerprint density at radius 1 is 1.06 bits per heavy atom. The van der Waals surface area contributed by atoms with E-state index in [0.29, 0.717) is 17.1 Å². The van der Waals surface area contributed by atoms with Crippen molar-refractivity contribution in [3.8, 4) is 11.5 Å². The normalized spacial score (nSPS) is 18.8. The Bertz CT molecular complexity index is 537. The molecule has 18 heavy (non-hydrogen) atoms. The number of carbonyl (C=O) groups is 3. The van der Waals surface area contributed by atoms with Gasteiger partial charge in [-0.05, 0) is 17.7 Å². The van der Waals surface area contributed by atoms with Crippen LogP contribution in [0.25, 0.3) is 0 Å². The molecule has 0 radical (unpaired) electrons. The molecule has 0 aromatic heterocycles. The number of rotatable bonds is 3. The van der Waals surface area contributed by atoms with Gasteiger partial charge in [-0.2, -0.15) is 0 Å². The lowest BCUT2D eigenvalue weighted by atomic mass is 9.96. The van der Waals surface area contributed by atoms with Crippen LogP contribution in [0.4, 0.5) is 0 Å². The zero-order chi connectivity index (χ0) is 13.3. The second-order valence-corrected chi connectivity index (χ2v) is 3.73. The van der Waals surface area contributed by atoms with E-state index in [9.17, 15) is 14.4 Å². The monoisotopic (exact) mass is 249 g/mol. The molecule has 6 heteroatoms. The number of ether oxygens (including phenoxy) is 2. The van der Waals surface area contributed by atoms with Crippen LogP contribution in [0.1, 0.15) is 11.5 Å². The third kappa shape index (κ3) is 1.81. The molecule has 1 saturated heterocycles. The number of imide groups is 1. The molecular formula is C12H11NO5. The second kappa shape index (κ2) is 4.48. The first kappa shape index (κ1) is 12.1. The summed E-state index contributed by atoms with van der Waals surface area (Å²) in [5, 5.41) is 1.98. The van der Waals surface area contributed by atoms with Gasteiger partial charge in [0.15, 0.2) is 11.5 Å². The number of hydrogen-bond acceptors (Lipinski definition) is 5. The van der Waals surface area contributed by atoms with E-state index in [1.807, 2.05) is 5.32 Å². The molecule has 94 valence electrons. The fraction of sp³-hybridized carbons (Fsp3) is 0.250. The third-order valence-electron chi connectivity index (χ3n) is 2.73. The Balaban J connectivity index is 2.43. The predicted octanol–water partition coefficient (Wildman–Crippen LogP) is 0.0129. The fourth-order valence-corrected chi connectivity index (χ4v) is 1.83. The van der Waals surface area contributed by atoms with E-state index < -0.39 is 23.5 Å². The summed E-state index contributed by atoms with van der Waals surface area (Å²) in [6.07, 6.45) is 0. The maximum atomic E-state index is 11.6. The minimum Gasteiger partial charge on any atom is -0.493 e. The highest BCUT2D eigenvalue weighted by Crippen LogP contribution is 2.32. The number of benzene rings is 1. The molecule has 0 saturated carbocycles. The molecule has 0 spiro atoms. The second-order valence-electron chi connectivity index (χ2n) is 3.73. The first-order valence-corrected chi connectivity index (χ1v) is 5.19. The van der Waals surface area contributed by atoms with Gasteiger partial charge >= 0.3 is 0 Å². The van der Waals surface area contributed by atoms with Crippen LogP contribution in [0.15, 0.2) is 18.2 Å². The highest BCUT2D eigenvalue weighted by atomic mass is 16.5. The van der Waals surface area contributed by atoms with Gasteiger partial charge in [0.2, 0.25) is 11.7 Å². The minimum atomic E-state index is -1.10. The lowest BCUT2D eigenvalue weighted by molar-refractivity contribution is -0.135. The highest BCUT2D eigenvalue weighted by Gasteiger charge is 2.41. The number of Topliss-reactive ketones (excluding diaryl/α,β-unsaturated/α-hetero) is 1. The molecule has 2 rings (SSSR count). The standard InChI is InChI=1S/C12H11NO5/c1-17-7-4-3-6(5-8(7)18-2)9-10(14)12(16)13-11(9)15/h3-5,9H,1-2H3,(H,13,15,16)/t9-/m1/s1. The third-order valence-corrected chi connectivity index (χ3v) is 2.73. The van der Waals surface area contributed by atoms with Crippen molar-refractivity contribution in [1.29, 1.82) is 0 Å². The number of nitrogens with one attached hydrogen (secondary N) is 1. The van der Waals surface area contributed by atoms with Crippen LogP contribution in [0, 0.1) is 0 Å². The van der Waals surface area contributed by atoms with E-state index in [1.165, 1.54) is 20.3 Å². The molecule has 0 bridgehead atoms. The predicted molar refractivity (Wildman–Crippen MR) is 60.4 cm³/mol. The van der Waals surface area contributed by atoms with Crippen molar-refractivity contribution < 1.29 is 23.9 Å². The summed E-state index contributed by atoms with van der Waals surface area (Å²) in [4.78, 5) is 34.2. The molecule has 1 aromatic rings. The summed E-state index contributed by atoms with van der Waals surface area (Å²) in [6.45, 7) is 0. The number of hydrogen-bond donors (Lipinski definition) is 1. The molecule has 1 aliphatic heterocycles. The van der Waals surface area contributed by atoms with Crippen LogP contribution in [0.5, 0.6) is 11.5 Å². The van der Waals surface area contributed by atoms with Crippen molar-refractivity contribution >= 4 is 17.6 Å². The lowest BCUT2D eigenvalue weighted by Gasteiger charge is -2.11. The van der Waals surface area contributed by atoms with Crippen LogP contribution in [0.2, 0.25) is 0 Å². The number of carbonyl (C=O) groups excluding carboxylic acids is 3. The summed E-state index contributed by atoms with van der Waals surface area (Å²) in [6, 6.07) is 4.65. The van der Waals surface area contributed by atoms with Crippen LogP contribution in [-0.2, 0) is 14.4 Å². The minimum absolute atomic E-state index is 0.398. The molecule has 6 nitrogen and oxygen atoms in total. The van der Waals surface area contributed by atoms with Crippen molar-refractivity contribution in [1.82, 2.24) is 5.32 Å². The zero-order valence-corrected chi connectivity index (χ0v) is 9.85. The largest absolute Gasteiger partial charge is 0.493 e. The smallest absolute Gasteiger partial charge is 0.295 e. The van der Waals surface area contributed by atoms with E-state index in [2.05, 4.69) is 0 Å². The molecule has 1 N–H and O–H groups in total. The SMILES string of the molecule is COc1ccc([C@H]2C(=O)NC(=O)C2=O)cc1OC. The van der Waals surface area contributed by atoms with E-state index in [4.69, 9.17) is 9.47 Å². The van der Waals surface area contributed by atoms with Gasteiger partial charge in [-0.15, -0.1) is 0 Å². The number of ketones is 1. The average molecular weight is 249 g/mol. The van der Waals surface area contributed by atoms with Crippen LogP contribution in [0.3, 0.4) is 0 Å². The van der Waals surface area contributed by atoms with Crippen molar-refractivity contribution in [2.45, 2.75) is 5.92 Å². The van der Waals surface area contributed by atoms with Gasteiger partial charge in [-0.1, -0.05) is 6.07 Å². The first-order chi connectivity index (χ1) is 8.58. The van der Waals surface area contributed by atoms with Crippen LogP contribution < -0.4 is 14.8 Å². The maximum absolute atomic E-state index is 11.6. The van der Waals surface area contributed by atoms with Crippen molar-refractivity contribution in [2.24, 2.45) is 0 Å². The summed E-state index contributed by atoms with van der Waals surface area (Å²) >= 11 is 0. The van der Waals surface area contributed by atoms with Crippen molar-refractivity contribution in [3.05, 3.63) is 23.8 Å². The molecular weight excluding hydrogens is 238 g/mol. The van der Waals surface area contributed by atoms with E-state index in [-0.39, 0.29) is 0 Å². The van der Waals surface area contributed by atoms with Gasteiger partial charge in [-0.3, -0.25) is 19.7 Å². The Kier molecular flexibility index (Phi) is 3.01. The molecule has 1 fully saturated rings. The average Bonchev–Trinajstić information content (AvgIpc) is 2.62. The lowest BCUT2D eigenvalue weighted by Crippen LogP contribution is -2.22. The maximum Gasteiger partial charge on any atom is 0.295 e. The van der Waals surface area contributed by atoms with Crippen LogP contribution >= 0.6 is 0 Å². The Morgan fingerprint density at radius 3 is 2.22 bits per heavy atom. The quantitative estimate of drug-likeness (QED) is 0.463. The number of amides is 2. The Labute approximate surface area is 103 Å². The molecule has 1 aromatic carbocycles. The van der Waals surface area contributed by atoms with Gasteiger partial charge in [0.25, 0.3) is 5.91 Å². The van der Waals surface area contributed by atoms with Crippen LogP contribution in [-0.4, -0.2) is 31.8 Å². The molecule has 1 atom stereocenters. The molecule has 0 aliphatic carbocycles. The molecule has 2 amide bonds. The van der Waals surface area contributed by atoms with Gasteiger partial charge in [0, 0.05) is 0 Å².